The van der Waals surface area contributed by atoms with E-state index in [1.54, 1.807) is 24.8 Å². The Morgan fingerprint density at radius 3 is 1.20 bits per heavy atom. The van der Waals surface area contributed by atoms with Crippen molar-refractivity contribution in [1.82, 2.24) is 48.6 Å². The molecular formula is C37H26N12. The molecule has 9 aromatic rings. The Labute approximate surface area is 279 Å². The molecule has 12 heteroatoms. The average Bonchev–Trinajstić information content (AvgIpc) is 3.84. The maximum atomic E-state index is 6.58. The van der Waals surface area contributed by atoms with Crippen molar-refractivity contribution in [3.05, 3.63) is 134 Å². The highest BCUT2D eigenvalue weighted by molar-refractivity contribution is 5.85. The lowest BCUT2D eigenvalue weighted by molar-refractivity contribution is 1.06. The number of benzene rings is 4. The maximum absolute atomic E-state index is 6.58. The van der Waals surface area contributed by atoms with Crippen molar-refractivity contribution in [1.29, 1.82) is 0 Å². The van der Waals surface area contributed by atoms with Crippen LogP contribution in [-0.2, 0) is 0 Å². The first-order chi connectivity index (χ1) is 24.1. The topological polar surface area (TPSA) is 157 Å². The van der Waals surface area contributed by atoms with Gasteiger partial charge < -0.3 is 11.5 Å². The van der Waals surface area contributed by atoms with Crippen LogP contribution in [0.15, 0.2) is 134 Å². The molecule has 5 aromatic heterocycles. The minimum absolute atomic E-state index is 0.223. The van der Waals surface area contributed by atoms with Crippen LogP contribution in [0.5, 0.6) is 0 Å². The van der Waals surface area contributed by atoms with E-state index in [4.69, 9.17) is 26.4 Å². The van der Waals surface area contributed by atoms with E-state index in [2.05, 4.69) is 19.9 Å². The summed E-state index contributed by atoms with van der Waals surface area (Å²) in [5.41, 5.74) is 20.1. The molecule has 0 saturated heterocycles. The molecule has 0 fully saturated rings. The highest BCUT2D eigenvalue weighted by Crippen LogP contribution is 2.38. The summed E-state index contributed by atoms with van der Waals surface area (Å²) in [6.45, 7) is 0. The summed E-state index contributed by atoms with van der Waals surface area (Å²) in [7, 11) is 0. The van der Waals surface area contributed by atoms with Crippen molar-refractivity contribution < 1.29 is 0 Å². The molecule has 0 atom stereocenters. The molecule has 0 radical (unpaired) electrons. The molecule has 234 valence electrons. The third-order valence-electron chi connectivity index (χ3n) is 8.28. The number of para-hydroxylation sites is 3. The minimum Gasteiger partial charge on any atom is -0.382 e. The van der Waals surface area contributed by atoms with Gasteiger partial charge in [0.05, 0.1) is 0 Å². The smallest absolute Gasteiger partial charge is 0.198 e. The van der Waals surface area contributed by atoms with Crippen LogP contribution in [0.1, 0.15) is 0 Å². The van der Waals surface area contributed by atoms with Gasteiger partial charge >= 0.3 is 0 Å². The number of anilines is 2. The fourth-order valence-electron chi connectivity index (χ4n) is 6.15. The summed E-state index contributed by atoms with van der Waals surface area (Å²) >= 11 is 0. The number of fused-ring (bicyclic) bond motifs is 2. The van der Waals surface area contributed by atoms with E-state index in [0.29, 0.717) is 45.9 Å². The summed E-state index contributed by atoms with van der Waals surface area (Å²) in [5.74, 6) is 2.38. The number of hydrogen-bond donors (Lipinski definition) is 2. The molecule has 0 bridgehead atoms. The minimum atomic E-state index is 0.223. The normalized spacial score (nSPS) is 11.4. The molecule has 0 aliphatic heterocycles. The van der Waals surface area contributed by atoms with Gasteiger partial charge in [0.1, 0.15) is 17.5 Å². The van der Waals surface area contributed by atoms with Crippen molar-refractivity contribution in [2.75, 3.05) is 11.5 Å². The van der Waals surface area contributed by atoms with Gasteiger partial charge in [-0.25, -0.2) is 34.9 Å². The number of imidazole rings is 3. The van der Waals surface area contributed by atoms with Crippen LogP contribution in [0.4, 0.5) is 11.6 Å². The van der Waals surface area contributed by atoms with E-state index >= 15 is 0 Å². The Morgan fingerprint density at radius 1 is 0.408 bits per heavy atom. The molecule has 0 aliphatic carbocycles. The molecule has 0 spiro atoms. The first-order valence-electron chi connectivity index (χ1n) is 15.5. The highest BCUT2D eigenvalue weighted by Gasteiger charge is 2.24. The Bertz CT molecular complexity index is 2490. The van der Waals surface area contributed by atoms with Crippen LogP contribution in [-0.4, -0.2) is 48.6 Å². The predicted molar refractivity (Wildman–Crippen MR) is 189 cm³/mol. The third kappa shape index (κ3) is 4.66. The first kappa shape index (κ1) is 28.0. The van der Waals surface area contributed by atoms with E-state index < -0.39 is 0 Å². The predicted octanol–water partition coefficient (Wildman–Crippen LogP) is 6.30. The van der Waals surface area contributed by atoms with Crippen molar-refractivity contribution in [3.63, 3.8) is 0 Å². The number of nitrogen functional groups attached to an aromatic ring is 2. The molecule has 9 rings (SSSR count). The number of aromatic nitrogens is 10. The van der Waals surface area contributed by atoms with Crippen molar-refractivity contribution in [2.45, 2.75) is 0 Å². The molecule has 0 saturated carbocycles. The van der Waals surface area contributed by atoms with Gasteiger partial charge in [-0.05, 0) is 54.6 Å². The standard InChI is InChI=1S/C37H26N12/c38-29-30(39)47(26-10-4-1-5-11-26)33(44-29)23-20-24(34-45-31-36(42-18-16-40-31)48(34)27-12-6-2-7-13-27)22-25(21-23)35-46-32-37(43-19-17-41-32)49(35)28-14-8-3-9-15-28/h1-22H,38-39H2. The molecule has 4 N–H and O–H groups in total. The summed E-state index contributed by atoms with van der Waals surface area (Å²) in [4.78, 5) is 33.3. The zero-order chi connectivity index (χ0) is 32.9. The zero-order valence-electron chi connectivity index (χ0n) is 25.8. The second-order valence-corrected chi connectivity index (χ2v) is 11.3. The van der Waals surface area contributed by atoms with Gasteiger partial charge in [-0.1, -0.05) is 54.6 Å². The largest absolute Gasteiger partial charge is 0.382 e. The molecular weight excluding hydrogens is 612 g/mol. The van der Waals surface area contributed by atoms with Gasteiger partial charge in [0.15, 0.2) is 34.2 Å². The van der Waals surface area contributed by atoms with Gasteiger partial charge in [0, 0.05) is 58.5 Å². The molecule has 4 aromatic carbocycles. The van der Waals surface area contributed by atoms with Crippen molar-refractivity contribution in [3.8, 4) is 51.2 Å². The van der Waals surface area contributed by atoms with Gasteiger partial charge in [0.2, 0.25) is 0 Å². The first-order valence-corrected chi connectivity index (χ1v) is 15.5. The number of hydrogen-bond acceptors (Lipinski definition) is 9. The molecule has 5 heterocycles. The van der Waals surface area contributed by atoms with E-state index in [0.717, 1.165) is 33.8 Å². The molecule has 0 unspecified atom stereocenters. The lowest BCUT2D eigenvalue weighted by atomic mass is 10.0. The molecule has 12 nitrogen and oxygen atoms in total. The van der Waals surface area contributed by atoms with E-state index in [1.165, 1.54) is 0 Å². The summed E-state index contributed by atoms with van der Waals surface area (Å²) in [5, 5.41) is 0. The summed E-state index contributed by atoms with van der Waals surface area (Å²) < 4.78 is 5.85. The fourth-order valence-corrected chi connectivity index (χ4v) is 6.15. The Morgan fingerprint density at radius 2 is 0.776 bits per heavy atom. The van der Waals surface area contributed by atoms with Gasteiger partial charge in [-0.3, -0.25) is 13.7 Å². The quantitative estimate of drug-likeness (QED) is 0.213. The summed E-state index contributed by atoms with van der Waals surface area (Å²) in [6, 6.07) is 35.8. The monoisotopic (exact) mass is 638 g/mol. The molecule has 49 heavy (non-hydrogen) atoms. The van der Waals surface area contributed by atoms with E-state index in [-0.39, 0.29) is 5.82 Å². The van der Waals surface area contributed by atoms with Crippen LogP contribution in [0, 0.1) is 0 Å². The summed E-state index contributed by atoms with van der Waals surface area (Å²) in [6.07, 6.45) is 6.61. The van der Waals surface area contributed by atoms with Gasteiger partial charge in [0.25, 0.3) is 0 Å². The SMILES string of the molecule is Nc1nc(-c2cc(-c3nc4nccnc4n3-c3ccccc3)cc(-c3nc4nccnc4n3-c3ccccc3)c2)n(-c2ccccc2)c1N. The van der Waals surface area contributed by atoms with Crippen LogP contribution in [0.2, 0.25) is 0 Å². The molecule has 0 aliphatic rings. The number of rotatable bonds is 6. The van der Waals surface area contributed by atoms with Crippen LogP contribution < -0.4 is 11.5 Å². The van der Waals surface area contributed by atoms with E-state index in [9.17, 15) is 0 Å². The van der Waals surface area contributed by atoms with Crippen LogP contribution in [0.3, 0.4) is 0 Å². The van der Waals surface area contributed by atoms with E-state index in [1.807, 2.05) is 123 Å². The van der Waals surface area contributed by atoms with Crippen molar-refractivity contribution >= 4 is 34.2 Å². The Kier molecular flexibility index (Phi) is 6.44. The Balaban J connectivity index is 1.38. The maximum Gasteiger partial charge on any atom is 0.198 e. The second kappa shape index (κ2) is 11.2. The van der Waals surface area contributed by atoms with Crippen LogP contribution in [0.25, 0.3) is 73.8 Å². The highest BCUT2D eigenvalue weighted by atomic mass is 15.2. The third-order valence-corrected chi connectivity index (χ3v) is 8.28. The second-order valence-electron chi connectivity index (χ2n) is 11.3. The van der Waals surface area contributed by atoms with Crippen LogP contribution >= 0.6 is 0 Å². The average molecular weight is 639 g/mol. The lowest BCUT2D eigenvalue weighted by Gasteiger charge is -2.15. The Hall–Kier alpha value is -7.21. The zero-order valence-corrected chi connectivity index (χ0v) is 25.8. The fraction of sp³-hybridized carbons (Fsp3) is 0. The lowest BCUT2D eigenvalue weighted by Crippen LogP contribution is -2.04. The van der Waals surface area contributed by atoms with Gasteiger partial charge in [-0.2, -0.15) is 0 Å². The van der Waals surface area contributed by atoms with Gasteiger partial charge in [-0.15, -0.1) is 0 Å². The number of nitrogens with zero attached hydrogens (tertiary/aromatic N) is 10. The van der Waals surface area contributed by atoms with Crippen molar-refractivity contribution in [2.24, 2.45) is 0 Å². The molecule has 0 amide bonds. The number of nitrogens with two attached hydrogens (primary N) is 2.